The Labute approximate surface area is 747 Å². The number of Topliss-reactive ketones (excluding diaryl/α,β-unsaturated/α-hetero) is 6. The van der Waals surface area contributed by atoms with Gasteiger partial charge in [0.1, 0.15) is 10.9 Å². The molecule has 0 aromatic carbocycles. The molecule has 1 saturated heterocycles. The number of fused-ring (bicyclic) bond motifs is 7. The number of carbonyl (C=O) groups excluding carboxylic acids is 15. The zero-order valence-corrected chi connectivity index (χ0v) is 74.8. The maximum absolute atomic E-state index is 12.3. The Morgan fingerprint density at radius 3 is 1.02 bits per heavy atom. The lowest BCUT2D eigenvalue weighted by atomic mass is 10.1. The summed E-state index contributed by atoms with van der Waals surface area (Å²) >= 11 is 10.7. The molecule has 646 valence electrons. The van der Waals surface area contributed by atoms with Crippen LogP contribution >= 0.6 is 79.4 Å². The van der Waals surface area contributed by atoms with E-state index in [2.05, 4.69) is 44.8 Å². The first kappa shape index (κ1) is 88.6. The maximum atomic E-state index is 12.3. The van der Waals surface area contributed by atoms with Gasteiger partial charge < -0.3 is 34.7 Å². The fraction of sp³-hybridized carbons (Fsp3) is 0.415. The van der Waals surface area contributed by atoms with Crippen LogP contribution in [0.25, 0.3) is 0 Å². The molecule has 0 unspecified atom stereocenters. The van der Waals surface area contributed by atoms with Gasteiger partial charge in [0.05, 0.1) is 101 Å². The minimum atomic E-state index is -0.612. The molecule has 0 spiro atoms. The van der Waals surface area contributed by atoms with E-state index in [9.17, 15) is 71.9 Å². The Morgan fingerprint density at radius 1 is 0.282 bits per heavy atom. The van der Waals surface area contributed by atoms with Gasteiger partial charge in [-0.3, -0.25) is 76.8 Å². The number of hydrogen-bond donors (Lipinski definition) is 1. The molecule has 23 nitrogen and oxygen atoms in total. The van der Waals surface area contributed by atoms with Gasteiger partial charge in [-0.25, -0.2) is 0 Å². The van der Waals surface area contributed by atoms with Crippen molar-refractivity contribution in [3.63, 3.8) is 0 Å². The van der Waals surface area contributed by atoms with Gasteiger partial charge in [-0.05, 0) is 194 Å². The van der Waals surface area contributed by atoms with Crippen molar-refractivity contribution < 1.29 is 71.9 Å². The molecule has 30 heteroatoms. The van der Waals surface area contributed by atoms with Gasteiger partial charge in [-0.2, -0.15) is 11.3 Å². The highest BCUT2D eigenvalue weighted by molar-refractivity contribution is 7.13. The predicted octanol–water partition coefficient (Wildman–Crippen LogP) is 17.2. The van der Waals surface area contributed by atoms with Crippen LogP contribution in [0.15, 0.2) is 152 Å². The fourth-order valence-electron chi connectivity index (χ4n) is 18.7. The summed E-state index contributed by atoms with van der Waals surface area (Å²) in [4.78, 5) is 199. The topological polar surface area (TPSA) is 291 Å². The van der Waals surface area contributed by atoms with Crippen LogP contribution in [0.5, 0.6) is 0 Å². The maximum Gasteiger partial charge on any atom is 0.272 e. The first-order valence-electron chi connectivity index (χ1n) is 42.4. The number of thiophene rings is 7. The lowest BCUT2D eigenvalue weighted by Gasteiger charge is -2.25. The fourth-order valence-corrected chi connectivity index (χ4v) is 24.7. The molecule has 7 fully saturated rings. The van der Waals surface area contributed by atoms with Crippen molar-refractivity contribution in [3.05, 3.63) is 226 Å². The normalized spacial score (nSPS) is 24.3. The zero-order chi connectivity index (χ0) is 87.5. The van der Waals surface area contributed by atoms with Crippen LogP contribution in [0.4, 0.5) is 0 Å². The van der Waals surface area contributed by atoms with Crippen LogP contribution in [0.1, 0.15) is 279 Å². The molecule has 14 aliphatic rings. The van der Waals surface area contributed by atoms with E-state index < -0.39 is 6.04 Å². The van der Waals surface area contributed by atoms with E-state index in [0.717, 1.165) is 212 Å². The Hall–Kier alpha value is -10.2. The highest BCUT2D eigenvalue weighted by atomic mass is 32.1. The number of nitrogens with zero attached hydrogens (tertiary/aromatic N) is 7. The first-order valence-corrected chi connectivity index (χ1v) is 48.6. The summed E-state index contributed by atoms with van der Waals surface area (Å²) in [5, 5.41) is 18.0. The van der Waals surface area contributed by atoms with Crippen LogP contribution in [0.3, 0.4) is 0 Å². The molecule has 7 atom stereocenters. The van der Waals surface area contributed by atoms with E-state index in [1.54, 1.807) is 97.5 Å². The summed E-state index contributed by atoms with van der Waals surface area (Å²) in [5.74, 6) is 0.166. The molecule has 15 heterocycles. The third-order valence-electron chi connectivity index (χ3n) is 25.2. The van der Waals surface area contributed by atoms with Gasteiger partial charge in [0.2, 0.25) is 5.91 Å². The molecule has 0 radical (unpaired) electrons. The van der Waals surface area contributed by atoms with Crippen molar-refractivity contribution in [2.24, 2.45) is 0 Å². The molecule has 7 aromatic heterocycles. The molecular formula is C94H98N8O15S7. The molecule has 9 amide bonds. The SMILES string of the molecule is C=C1CCC[C@@H](N2Cc3sccc3C2=O)C(=O)C1.C=C1CCC[C@H](N2C(=O)c3ccsc3C2=O)C(=O)C1.C=C1CCC[C@H](N2Cc3ccsc3C2=O)C(=O)C1.C=C1CCC[C@H](N2Cc3cscc3C2=O)C(=O)C1.C=C1CCC[C@H](N2Cc3sccc3C2=O)C(=O)C1.C=C1C[C@H](N2Cc3sccc3C2=O)C(=O)N1.O=C1CCCCC[C@@H]1N1Cc2sccc2C1=O. The van der Waals surface area contributed by atoms with E-state index in [1.165, 1.54) is 22.7 Å². The Kier molecular flexibility index (Phi) is 27.7. The minimum absolute atomic E-state index is 0.0251. The Balaban J connectivity index is 0.000000112. The number of rotatable bonds is 7. The van der Waals surface area contributed by atoms with Crippen molar-refractivity contribution in [1.82, 2.24) is 39.6 Å². The summed E-state index contributed by atoms with van der Waals surface area (Å²) in [7, 11) is 0. The van der Waals surface area contributed by atoms with Crippen LogP contribution in [-0.2, 0) is 72.8 Å². The van der Waals surface area contributed by atoms with Crippen molar-refractivity contribution in [1.29, 1.82) is 0 Å². The van der Waals surface area contributed by atoms with Gasteiger partial charge in [0, 0.05) is 88.6 Å². The van der Waals surface area contributed by atoms with E-state index in [1.807, 2.05) is 68.0 Å². The second kappa shape index (κ2) is 38.7. The number of ketones is 6. The number of carbonyl (C=O) groups is 15. The highest BCUT2D eigenvalue weighted by Gasteiger charge is 2.47. The summed E-state index contributed by atoms with van der Waals surface area (Å²) in [6.45, 7) is 26.8. The molecule has 8 aliphatic heterocycles. The zero-order valence-electron chi connectivity index (χ0n) is 69.1. The summed E-state index contributed by atoms with van der Waals surface area (Å²) in [5.41, 5.74) is 12.1. The average molecular weight is 1800 g/mol. The predicted molar refractivity (Wildman–Crippen MR) is 480 cm³/mol. The minimum Gasteiger partial charge on any atom is -0.328 e. The van der Waals surface area contributed by atoms with Gasteiger partial charge in [0.15, 0.2) is 34.7 Å². The quantitative estimate of drug-likeness (QED) is 0.0881. The Morgan fingerprint density at radius 2 is 0.621 bits per heavy atom. The number of hydrogen-bond acceptors (Lipinski definition) is 22. The molecule has 21 rings (SSSR count). The summed E-state index contributed by atoms with van der Waals surface area (Å²) < 4.78 is 0. The van der Waals surface area contributed by atoms with Crippen molar-refractivity contribution in [2.75, 3.05) is 0 Å². The van der Waals surface area contributed by atoms with Gasteiger partial charge in [0.25, 0.3) is 47.3 Å². The monoisotopic (exact) mass is 1800 g/mol. The third-order valence-corrected chi connectivity index (χ3v) is 31.5. The number of amides is 9. The lowest BCUT2D eigenvalue weighted by Crippen LogP contribution is -2.44. The smallest absolute Gasteiger partial charge is 0.272 e. The van der Waals surface area contributed by atoms with E-state index in [0.29, 0.717) is 100 Å². The largest absolute Gasteiger partial charge is 0.328 e. The second-order valence-corrected chi connectivity index (χ2v) is 40.3. The second-order valence-electron chi connectivity index (χ2n) is 33.8. The molecular weight excluding hydrogens is 1710 g/mol. The molecule has 6 aliphatic carbocycles. The van der Waals surface area contributed by atoms with E-state index >= 15 is 0 Å². The van der Waals surface area contributed by atoms with Crippen molar-refractivity contribution >= 4 is 167 Å². The standard InChI is InChI=1S/C14H13NO3S.4C14H15NO2S.C13H15NO2S.C11H10N2O2S/c1-8-3-2-4-10(11(16)7-8)15-13(17)9-5-6-19-12(9)14(15)18;1-9-3-2-4-12(13(16)5-9)15-6-10-7-18-8-11(10)14(15)17;2*1-9-3-2-4-11(12(16)7-9)15-8-13-10(14(15)17)5-6-18-13;1-9-3-2-4-11(12(16)7-9)15-8-10-5-6-18-13(10)14(15)17;15-11-5-3-1-2-4-10(11)14-8-12-9(13(14)16)6-7-17-12;1-6-4-8(10(14)12-6)13-5-9-7(11(13)15)2-3-16-9/h5-6,10H,1-4,7H2;7-8,12H,1-6H2;3*5-6,11H,1-4,7-8H2;6-7,10H,1-5,8H2;2-3,8H,1,4-5H2,(H,12,14)/t10-;12-;3*11-;10-;8-/m0010000/s1. The summed E-state index contributed by atoms with van der Waals surface area (Å²) in [6.07, 6.45) is 19.9. The number of nitrogens with one attached hydrogen (secondary N) is 1. The number of imide groups is 1. The molecule has 1 N–H and O–H groups in total. The Bertz CT molecular complexity index is 5160. The molecule has 0 bridgehead atoms. The number of allylic oxidation sites excluding steroid dienone is 5. The third kappa shape index (κ3) is 18.9. The van der Waals surface area contributed by atoms with E-state index in [-0.39, 0.29) is 131 Å². The molecule has 7 aromatic rings. The first-order chi connectivity index (χ1) is 59.7. The van der Waals surface area contributed by atoms with Crippen LogP contribution in [0.2, 0.25) is 0 Å². The molecule has 6 saturated carbocycles. The van der Waals surface area contributed by atoms with Gasteiger partial charge >= 0.3 is 0 Å². The van der Waals surface area contributed by atoms with Gasteiger partial charge in [-0.1, -0.05) is 80.2 Å². The van der Waals surface area contributed by atoms with Crippen LogP contribution < -0.4 is 5.32 Å². The van der Waals surface area contributed by atoms with Gasteiger partial charge in [-0.15, -0.1) is 68.0 Å². The average Bonchev–Trinajstić information content (AvgIpc) is 1.57. The van der Waals surface area contributed by atoms with Crippen LogP contribution in [0, 0.1) is 0 Å². The van der Waals surface area contributed by atoms with Crippen LogP contribution in [-0.4, -0.2) is 164 Å². The highest BCUT2D eigenvalue weighted by Crippen LogP contribution is 2.41. The lowest BCUT2D eigenvalue weighted by molar-refractivity contribution is -0.124. The van der Waals surface area contributed by atoms with E-state index in [4.69, 9.17) is 0 Å². The van der Waals surface area contributed by atoms with Crippen molar-refractivity contribution in [3.8, 4) is 0 Å². The molecule has 124 heavy (non-hydrogen) atoms. The summed E-state index contributed by atoms with van der Waals surface area (Å²) in [6, 6.07) is 8.96. The van der Waals surface area contributed by atoms with Crippen molar-refractivity contribution in [2.45, 2.75) is 249 Å².